The molecule has 0 spiro atoms. The number of anilines is 2. The minimum atomic E-state index is -0.743. The summed E-state index contributed by atoms with van der Waals surface area (Å²) in [4.78, 5) is 50.4. The molecule has 1 aliphatic heterocycles. The fraction of sp³-hybridized carbons (Fsp3) is 0.258. The van der Waals surface area contributed by atoms with Crippen molar-refractivity contribution >= 4 is 46.3 Å². The molecule has 0 saturated carbocycles. The average Bonchev–Trinajstić information content (AvgIpc) is 3.66. The molecule has 0 aliphatic carbocycles. The molecule has 14 nitrogen and oxygen atoms in total. The molecule has 46 heavy (non-hydrogen) atoms. The maximum atomic E-state index is 13.0. The van der Waals surface area contributed by atoms with Crippen LogP contribution in [-0.4, -0.2) is 68.3 Å². The van der Waals surface area contributed by atoms with E-state index in [0.29, 0.717) is 40.9 Å². The SMILES string of the molecule is CN(C(=O)OC(C)(C)C)c1cc(Oc2ccc(-c3nnn[nH]3)cc2)ccc1NC(=O)COc1ccc(CC2SC(=O)NC2=O)cc1. The van der Waals surface area contributed by atoms with Gasteiger partial charge < -0.3 is 19.5 Å². The van der Waals surface area contributed by atoms with Crippen molar-refractivity contribution in [1.82, 2.24) is 25.9 Å². The molecule has 1 saturated heterocycles. The summed E-state index contributed by atoms with van der Waals surface area (Å²) >= 11 is 0.965. The first kappa shape index (κ1) is 32.0. The van der Waals surface area contributed by atoms with Crippen molar-refractivity contribution in [2.24, 2.45) is 0 Å². The zero-order valence-electron chi connectivity index (χ0n) is 25.4. The zero-order valence-corrected chi connectivity index (χ0v) is 26.2. The zero-order chi connectivity index (χ0) is 32.8. The van der Waals surface area contributed by atoms with E-state index in [2.05, 4.69) is 31.3 Å². The highest BCUT2D eigenvalue weighted by Gasteiger charge is 2.31. The normalized spacial score (nSPS) is 14.4. The van der Waals surface area contributed by atoms with Crippen LogP contribution in [0.2, 0.25) is 0 Å². The van der Waals surface area contributed by atoms with Crippen molar-refractivity contribution in [3.05, 3.63) is 72.3 Å². The van der Waals surface area contributed by atoms with Gasteiger partial charge in [-0.25, -0.2) is 9.89 Å². The van der Waals surface area contributed by atoms with Crippen LogP contribution in [0.5, 0.6) is 17.2 Å². The highest BCUT2D eigenvalue weighted by atomic mass is 32.2. The molecular formula is C31H31N7O7S. The monoisotopic (exact) mass is 645 g/mol. The molecule has 1 atom stereocenters. The number of hydrogen-bond donors (Lipinski definition) is 3. The Labute approximate surface area is 268 Å². The largest absolute Gasteiger partial charge is 0.484 e. The van der Waals surface area contributed by atoms with Gasteiger partial charge in [-0.15, -0.1) is 5.10 Å². The van der Waals surface area contributed by atoms with Crippen molar-refractivity contribution in [1.29, 1.82) is 0 Å². The maximum Gasteiger partial charge on any atom is 0.414 e. The van der Waals surface area contributed by atoms with Gasteiger partial charge in [-0.05, 0) is 91.7 Å². The number of H-pyrrole nitrogens is 1. The van der Waals surface area contributed by atoms with Crippen LogP contribution < -0.4 is 25.0 Å². The number of benzene rings is 3. The minimum absolute atomic E-state index is 0.307. The third kappa shape index (κ3) is 8.38. The van der Waals surface area contributed by atoms with E-state index >= 15 is 0 Å². The minimum Gasteiger partial charge on any atom is -0.484 e. The Morgan fingerprint density at radius 3 is 2.30 bits per heavy atom. The quantitative estimate of drug-likeness (QED) is 0.213. The molecule has 1 aromatic heterocycles. The van der Waals surface area contributed by atoms with E-state index in [-0.39, 0.29) is 17.8 Å². The van der Waals surface area contributed by atoms with Crippen LogP contribution >= 0.6 is 11.8 Å². The number of rotatable bonds is 10. The first-order chi connectivity index (χ1) is 21.9. The number of aromatic amines is 1. The summed E-state index contributed by atoms with van der Waals surface area (Å²) in [5.74, 6) is 1.12. The van der Waals surface area contributed by atoms with E-state index in [1.54, 1.807) is 87.5 Å². The van der Waals surface area contributed by atoms with Gasteiger partial charge in [-0.1, -0.05) is 23.9 Å². The third-order valence-electron chi connectivity index (χ3n) is 6.46. The summed E-state index contributed by atoms with van der Waals surface area (Å²) in [6.45, 7) is 4.97. The first-order valence-electron chi connectivity index (χ1n) is 14.1. The Kier molecular flexibility index (Phi) is 9.51. The van der Waals surface area contributed by atoms with Gasteiger partial charge in [-0.2, -0.15) is 0 Å². The second-order valence-corrected chi connectivity index (χ2v) is 12.3. The van der Waals surface area contributed by atoms with E-state index in [4.69, 9.17) is 14.2 Å². The van der Waals surface area contributed by atoms with E-state index < -0.39 is 22.9 Å². The summed E-state index contributed by atoms with van der Waals surface area (Å²) in [5.41, 5.74) is 1.54. The molecule has 4 aromatic rings. The summed E-state index contributed by atoms with van der Waals surface area (Å²) in [6.07, 6.45) is -0.234. The van der Waals surface area contributed by atoms with Crippen molar-refractivity contribution in [2.45, 2.75) is 38.0 Å². The standard InChI is InChI=1S/C31H31N7O7S/c1-31(2,3)45-30(42)38(4)24-16-22(44-21-11-7-19(8-12-21)27-34-36-37-35-27)13-14-23(24)32-26(39)17-43-20-9-5-18(6-10-20)15-25-28(40)33-29(41)46-25/h5-14,16,25H,15,17H2,1-4H3,(H,32,39)(H,33,40,41)(H,34,35,36,37). The van der Waals surface area contributed by atoms with Crippen LogP contribution in [0, 0.1) is 0 Å². The Morgan fingerprint density at radius 1 is 0.978 bits per heavy atom. The predicted octanol–water partition coefficient (Wildman–Crippen LogP) is 4.94. The van der Waals surface area contributed by atoms with Gasteiger partial charge in [-0.3, -0.25) is 24.6 Å². The lowest BCUT2D eigenvalue weighted by Crippen LogP contribution is -2.34. The second kappa shape index (κ2) is 13.7. The molecule has 15 heteroatoms. The molecule has 5 rings (SSSR count). The number of nitrogens with zero attached hydrogens (tertiary/aromatic N) is 4. The smallest absolute Gasteiger partial charge is 0.414 e. The molecule has 238 valence electrons. The summed E-state index contributed by atoms with van der Waals surface area (Å²) in [5, 5.41) is 18.0. The molecular weight excluding hydrogens is 614 g/mol. The van der Waals surface area contributed by atoms with Crippen LogP contribution in [0.1, 0.15) is 26.3 Å². The first-order valence-corrected chi connectivity index (χ1v) is 15.0. The molecule has 0 bridgehead atoms. The number of thioether (sulfide) groups is 1. The number of nitrogens with one attached hydrogen (secondary N) is 3. The lowest BCUT2D eigenvalue weighted by atomic mass is 10.1. The van der Waals surface area contributed by atoms with Crippen LogP contribution in [0.15, 0.2) is 66.7 Å². The Hall–Kier alpha value is -5.44. The lowest BCUT2D eigenvalue weighted by molar-refractivity contribution is -0.119. The van der Waals surface area contributed by atoms with Crippen LogP contribution in [-0.2, 0) is 20.7 Å². The van der Waals surface area contributed by atoms with Gasteiger partial charge in [0.1, 0.15) is 22.8 Å². The fourth-order valence-electron chi connectivity index (χ4n) is 4.28. The average molecular weight is 646 g/mol. The lowest BCUT2D eigenvalue weighted by Gasteiger charge is -2.26. The summed E-state index contributed by atoms with van der Waals surface area (Å²) in [6, 6.07) is 18.9. The highest BCUT2D eigenvalue weighted by molar-refractivity contribution is 8.15. The van der Waals surface area contributed by atoms with Gasteiger partial charge in [0, 0.05) is 18.7 Å². The highest BCUT2D eigenvalue weighted by Crippen LogP contribution is 2.34. The van der Waals surface area contributed by atoms with Crippen molar-refractivity contribution in [3.8, 4) is 28.6 Å². The molecule has 1 unspecified atom stereocenters. The maximum absolute atomic E-state index is 13.0. The Bertz CT molecular complexity index is 1720. The van der Waals surface area contributed by atoms with Gasteiger partial charge in [0.25, 0.3) is 11.1 Å². The number of amides is 4. The number of hydrogen-bond acceptors (Lipinski definition) is 11. The number of tetrazole rings is 1. The number of carbonyl (C=O) groups is 4. The molecule has 2 heterocycles. The summed E-state index contributed by atoms with van der Waals surface area (Å²) in [7, 11) is 1.53. The van der Waals surface area contributed by atoms with E-state index in [1.165, 1.54) is 11.9 Å². The van der Waals surface area contributed by atoms with Crippen LogP contribution in [0.25, 0.3) is 11.4 Å². The van der Waals surface area contributed by atoms with Gasteiger partial charge >= 0.3 is 6.09 Å². The fourth-order valence-corrected chi connectivity index (χ4v) is 5.14. The molecule has 1 aliphatic rings. The number of imide groups is 1. The van der Waals surface area contributed by atoms with Crippen molar-refractivity contribution in [3.63, 3.8) is 0 Å². The predicted molar refractivity (Wildman–Crippen MR) is 170 cm³/mol. The second-order valence-electron chi connectivity index (χ2n) is 11.2. The van der Waals surface area contributed by atoms with E-state index in [9.17, 15) is 19.2 Å². The molecule has 3 N–H and O–H groups in total. The number of ether oxygens (including phenoxy) is 3. The van der Waals surface area contributed by atoms with Crippen LogP contribution in [0.3, 0.4) is 0 Å². The van der Waals surface area contributed by atoms with E-state index in [0.717, 1.165) is 22.9 Å². The number of aromatic nitrogens is 4. The molecule has 0 radical (unpaired) electrons. The Balaban J connectivity index is 1.25. The van der Waals surface area contributed by atoms with Gasteiger partial charge in [0.15, 0.2) is 12.4 Å². The van der Waals surface area contributed by atoms with Gasteiger partial charge in [0.05, 0.1) is 16.6 Å². The van der Waals surface area contributed by atoms with E-state index in [1.807, 2.05) is 0 Å². The number of carbonyl (C=O) groups excluding carboxylic acids is 4. The van der Waals surface area contributed by atoms with Crippen molar-refractivity contribution < 1.29 is 33.4 Å². The molecule has 3 aromatic carbocycles. The van der Waals surface area contributed by atoms with Gasteiger partial charge in [0.2, 0.25) is 5.91 Å². The molecule has 1 fully saturated rings. The summed E-state index contributed by atoms with van der Waals surface area (Å²) < 4.78 is 17.2. The Morgan fingerprint density at radius 2 is 1.67 bits per heavy atom. The topological polar surface area (TPSA) is 178 Å². The van der Waals surface area contributed by atoms with Crippen molar-refractivity contribution in [2.75, 3.05) is 23.9 Å². The molecule has 4 amide bonds. The third-order valence-corrected chi connectivity index (χ3v) is 7.44. The van der Waals surface area contributed by atoms with Crippen LogP contribution in [0.4, 0.5) is 21.0 Å².